The summed E-state index contributed by atoms with van der Waals surface area (Å²) in [7, 11) is 0. The Balaban J connectivity index is 1.57. The molecule has 3 aliphatic rings. The van der Waals surface area contributed by atoms with Gasteiger partial charge in [-0.15, -0.1) is 0 Å². The summed E-state index contributed by atoms with van der Waals surface area (Å²) in [5, 5.41) is 101. The molecule has 1 aromatic carbocycles. The topological polar surface area (TPSA) is 258 Å². The summed E-state index contributed by atoms with van der Waals surface area (Å²) in [6, 6.07) is 4.15. The molecule has 0 unspecified atom stereocenters. The summed E-state index contributed by atoms with van der Waals surface area (Å²) >= 11 is 0. The number of hydrogen-bond acceptors (Lipinski definition) is 16. The van der Waals surface area contributed by atoms with E-state index in [4.69, 9.17) is 28.4 Å². The van der Waals surface area contributed by atoms with Crippen LogP contribution in [-0.2, 0) is 34.8 Å². The number of ether oxygens (including phenoxy) is 6. The third-order valence-electron chi connectivity index (χ3n) is 7.48. The van der Waals surface area contributed by atoms with E-state index in [2.05, 4.69) is 0 Å². The minimum absolute atomic E-state index is 0.0884. The number of benzene rings is 1. The van der Waals surface area contributed by atoms with Gasteiger partial charge in [-0.1, -0.05) is 6.07 Å². The Kier molecular flexibility index (Phi) is 10.4. The Hall–Kier alpha value is -1.74. The molecule has 3 saturated heterocycles. The molecule has 0 saturated carbocycles. The van der Waals surface area contributed by atoms with Gasteiger partial charge in [-0.05, 0) is 31.0 Å². The van der Waals surface area contributed by atoms with Gasteiger partial charge in [0.2, 0.25) is 0 Å². The lowest BCUT2D eigenvalue weighted by molar-refractivity contribution is -0.375. The maximum atomic E-state index is 11.0. The molecule has 234 valence electrons. The van der Waals surface area contributed by atoms with Gasteiger partial charge in [0.25, 0.3) is 0 Å². The van der Waals surface area contributed by atoms with Crippen LogP contribution in [0.5, 0.6) is 11.5 Å². The van der Waals surface area contributed by atoms with Crippen LogP contribution in [0, 0.1) is 0 Å². The molecule has 4 rings (SSSR count). The first-order valence-corrected chi connectivity index (χ1v) is 13.1. The van der Waals surface area contributed by atoms with Gasteiger partial charge in [-0.25, -0.2) is 0 Å². The number of phenols is 2. The number of phenolic OH excluding ortho intramolecular Hbond substituents is 2. The molecule has 0 spiro atoms. The van der Waals surface area contributed by atoms with Crippen molar-refractivity contribution in [3.63, 3.8) is 0 Å². The number of hydrogen-bond donors (Lipinski definition) is 10. The third-order valence-corrected chi connectivity index (χ3v) is 7.48. The van der Waals surface area contributed by atoms with Crippen molar-refractivity contribution in [1.29, 1.82) is 0 Å². The molecule has 3 aliphatic heterocycles. The van der Waals surface area contributed by atoms with Crippen LogP contribution < -0.4 is 0 Å². The lowest BCUT2D eigenvalue weighted by atomic mass is 9.96. The zero-order valence-electron chi connectivity index (χ0n) is 22.1. The van der Waals surface area contributed by atoms with E-state index in [1.807, 2.05) is 0 Å². The summed E-state index contributed by atoms with van der Waals surface area (Å²) in [5.41, 5.74) is -1.49. The quantitative estimate of drug-likeness (QED) is 0.115. The van der Waals surface area contributed by atoms with Crippen molar-refractivity contribution < 1.29 is 79.5 Å². The molecule has 1 aromatic rings. The lowest BCUT2D eigenvalue weighted by Crippen LogP contribution is -2.65. The van der Waals surface area contributed by atoms with Crippen LogP contribution in [-0.4, -0.2) is 157 Å². The standard InChI is InChI=1S/C25H38O16/c1-10-15(30)17(32)18(33)22(38-10)40-19-16(31)14(7-26)39-23(36-5-4-11-2-3-12(28)13(29)6-11)20(19)41-24-21(34)25(35,8-27)9-37-24/h2-3,6,10,14-24,26-35H,4-5,7-9H2,1H3/t10-,14+,15-,16+,17+,18+,19-,20+,21-,22-,23+,24-,25+/m0/s1. The molecule has 10 N–H and O–H groups in total. The summed E-state index contributed by atoms with van der Waals surface area (Å²) in [6.07, 6.45) is -18.0. The highest BCUT2D eigenvalue weighted by Crippen LogP contribution is 2.35. The Bertz CT molecular complexity index is 998. The summed E-state index contributed by atoms with van der Waals surface area (Å²) < 4.78 is 34.1. The van der Waals surface area contributed by atoms with Crippen molar-refractivity contribution >= 4 is 0 Å². The average molecular weight is 595 g/mol. The summed E-state index contributed by atoms with van der Waals surface area (Å²) in [4.78, 5) is 0. The largest absolute Gasteiger partial charge is 0.504 e. The fourth-order valence-corrected chi connectivity index (χ4v) is 4.84. The molecule has 16 heteroatoms. The van der Waals surface area contributed by atoms with Gasteiger partial charge in [-0.2, -0.15) is 0 Å². The molecule has 41 heavy (non-hydrogen) atoms. The maximum absolute atomic E-state index is 11.0. The molecule has 0 radical (unpaired) electrons. The Morgan fingerprint density at radius 1 is 0.854 bits per heavy atom. The molecular formula is C25H38O16. The second-order valence-electron chi connectivity index (χ2n) is 10.4. The minimum Gasteiger partial charge on any atom is -0.504 e. The molecule has 0 bridgehead atoms. The highest BCUT2D eigenvalue weighted by atomic mass is 16.8. The number of aromatic hydroxyl groups is 2. The third kappa shape index (κ3) is 6.76. The van der Waals surface area contributed by atoms with Gasteiger partial charge in [0.05, 0.1) is 32.5 Å². The Labute approximate surface area is 234 Å². The second-order valence-corrected chi connectivity index (χ2v) is 10.4. The second kappa shape index (κ2) is 13.3. The molecule has 0 amide bonds. The molecule has 13 atom stereocenters. The average Bonchev–Trinajstić information content (AvgIpc) is 3.24. The van der Waals surface area contributed by atoms with Crippen LogP contribution in [0.15, 0.2) is 18.2 Å². The first-order valence-electron chi connectivity index (χ1n) is 13.1. The van der Waals surface area contributed by atoms with Crippen LogP contribution in [0.3, 0.4) is 0 Å². The predicted molar refractivity (Wildman–Crippen MR) is 131 cm³/mol. The van der Waals surface area contributed by atoms with E-state index >= 15 is 0 Å². The van der Waals surface area contributed by atoms with Gasteiger partial charge in [0.15, 0.2) is 30.4 Å². The molecule has 0 aliphatic carbocycles. The van der Waals surface area contributed by atoms with Crippen molar-refractivity contribution in [2.24, 2.45) is 0 Å². The van der Waals surface area contributed by atoms with Crippen molar-refractivity contribution in [1.82, 2.24) is 0 Å². The van der Waals surface area contributed by atoms with E-state index in [9.17, 15) is 51.1 Å². The van der Waals surface area contributed by atoms with Gasteiger partial charge in [-0.3, -0.25) is 0 Å². The van der Waals surface area contributed by atoms with Crippen LogP contribution in [0.2, 0.25) is 0 Å². The molecule has 16 nitrogen and oxygen atoms in total. The van der Waals surface area contributed by atoms with Gasteiger partial charge >= 0.3 is 0 Å². The van der Waals surface area contributed by atoms with Crippen LogP contribution in [0.4, 0.5) is 0 Å². The van der Waals surface area contributed by atoms with Gasteiger partial charge in [0, 0.05) is 0 Å². The normalized spacial score (nSPS) is 43.3. The minimum atomic E-state index is -2.06. The molecule has 3 heterocycles. The van der Waals surface area contributed by atoms with Crippen molar-refractivity contribution in [3.8, 4) is 11.5 Å². The van der Waals surface area contributed by atoms with Crippen molar-refractivity contribution in [2.75, 3.05) is 26.4 Å². The SMILES string of the molecule is C[C@@H]1O[C@@H](O[C@H]2[C@H](O)[C@@H](CO)O[C@@H](OCCc3ccc(O)c(O)c3)[C@@H]2O[C@@H]2OC[C@](O)(CO)[C@H]2O)[C@H](O)[C@H](O)[C@H]1O. The van der Waals surface area contributed by atoms with Crippen LogP contribution in [0.1, 0.15) is 12.5 Å². The van der Waals surface area contributed by atoms with E-state index in [1.54, 1.807) is 6.07 Å². The van der Waals surface area contributed by atoms with Crippen LogP contribution >= 0.6 is 0 Å². The van der Waals surface area contributed by atoms with Gasteiger partial charge < -0.3 is 79.5 Å². The Morgan fingerprint density at radius 3 is 2.20 bits per heavy atom. The Morgan fingerprint density at radius 2 is 1.56 bits per heavy atom. The van der Waals surface area contributed by atoms with E-state index in [1.165, 1.54) is 19.1 Å². The molecule has 0 aromatic heterocycles. The van der Waals surface area contributed by atoms with Crippen molar-refractivity contribution in [2.45, 2.75) is 92.8 Å². The maximum Gasteiger partial charge on any atom is 0.187 e. The van der Waals surface area contributed by atoms with Crippen LogP contribution in [0.25, 0.3) is 0 Å². The van der Waals surface area contributed by atoms with E-state index in [0.717, 1.165) is 0 Å². The summed E-state index contributed by atoms with van der Waals surface area (Å²) in [6.45, 7) is -0.735. The first kappa shape index (κ1) is 32.2. The summed E-state index contributed by atoms with van der Waals surface area (Å²) in [5.74, 6) is -0.651. The first-order chi connectivity index (χ1) is 19.4. The smallest absolute Gasteiger partial charge is 0.187 e. The van der Waals surface area contributed by atoms with Gasteiger partial charge in [0.1, 0.15) is 54.4 Å². The van der Waals surface area contributed by atoms with E-state index in [-0.39, 0.29) is 24.5 Å². The molecule has 3 fully saturated rings. The lowest BCUT2D eigenvalue weighted by Gasteiger charge is -2.47. The number of rotatable bonds is 10. The zero-order chi connectivity index (χ0) is 30.1. The fraction of sp³-hybridized carbons (Fsp3) is 0.760. The zero-order valence-corrected chi connectivity index (χ0v) is 22.1. The van der Waals surface area contributed by atoms with E-state index < -0.39 is 99.2 Å². The highest BCUT2D eigenvalue weighted by Gasteiger charge is 2.55. The highest BCUT2D eigenvalue weighted by molar-refractivity contribution is 5.40. The molecular weight excluding hydrogens is 556 g/mol. The monoisotopic (exact) mass is 594 g/mol. The predicted octanol–water partition coefficient (Wildman–Crippen LogP) is -4.23. The van der Waals surface area contributed by atoms with Crippen molar-refractivity contribution in [3.05, 3.63) is 23.8 Å². The van der Waals surface area contributed by atoms with E-state index in [0.29, 0.717) is 5.56 Å². The number of aliphatic hydroxyl groups excluding tert-OH is 7. The fourth-order valence-electron chi connectivity index (χ4n) is 4.84. The number of aliphatic hydroxyl groups is 8.